The van der Waals surface area contributed by atoms with Gasteiger partial charge < -0.3 is 0 Å². The molecular weight excluding hydrogens is 368 g/mol. The number of aromatic nitrogens is 1. The second-order valence-corrected chi connectivity index (χ2v) is 8.46. The molecule has 0 amide bonds. The Morgan fingerprint density at radius 2 is 1.65 bits per heavy atom. The van der Waals surface area contributed by atoms with E-state index in [2.05, 4.69) is 4.98 Å². The summed E-state index contributed by atoms with van der Waals surface area (Å²) in [6.07, 6.45) is 0. The van der Waals surface area contributed by atoms with Crippen LogP contribution in [0.3, 0.4) is 0 Å². The van der Waals surface area contributed by atoms with Gasteiger partial charge >= 0.3 is 0 Å². The van der Waals surface area contributed by atoms with Crippen LogP contribution in [-0.4, -0.2) is 13.4 Å². The van der Waals surface area contributed by atoms with Gasteiger partial charge in [0.2, 0.25) is 0 Å². The zero-order valence-electron chi connectivity index (χ0n) is 13.6. The SMILES string of the molecule is O=S1(=O)c2cccc3cccc(c23)N1Cc1cc2ccccc2nc1Cl. The molecule has 0 radical (unpaired) electrons. The summed E-state index contributed by atoms with van der Waals surface area (Å²) in [5.41, 5.74) is 2.15. The Morgan fingerprint density at radius 1 is 0.923 bits per heavy atom. The third-order valence-corrected chi connectivity index (χ3v) is 6.87. The number of halogens is 1. The second-order valence-electron chi connectivity index (χ2n) is 6.27. The summed E-state index contributed by atoms with van der Waals surface area (Å²) < 4.78 is 27.6. The van der Waals surface area contributed by atoms with Crippen molar-refractivity contribution in [3.8, 4) is 0 Å². The number of nitrogens with zero attached hydrogens (tertiary/aromatic N) is 2. The lowest BCUT2D eigenvalue weighted by atomic mass is 10.1. The van der Waals surface area contributed by atoms with Gasteiger partial charge in [-0.2, -0.15) is 0 Å². The normalized spacial score (nSPS) is 15.0. The quantitative estimate of drug-likeness (QED) is 0.471. The van der Waals surface area contributed by atoms with Gasteiger partial charge in [-0.05, 0) is 29.7 Å². The van der Waals surface area contributed by atoms with Crippen molar-refractivity contribution in [3.05, 3.63) is 77.4 Å². The molecule has 0 unspecified atom stereocenters. The minimum absolute atomic E-state index is 0.146. The Hall–Kier alpha value is -2.63. The van der Waals surface area contributed by atoms with Crippen LogP contribution in [0.2, 0.25) is 5.15 Å². The van der Waals surface area contributed by atoms with Crippen LogP contribution >= 0.6 is 11.6 Å². The van der Waals surface area contributed by atoms with E-state index in [1.165, 1.54) is 4.31 Å². The molecule has 1 aromatic heterocycles. The summed E-state index contributed by atoms with van der Waals surface area (Å²) >= 11 is 6.36. The fourth-order valence-electron chi connectivity index (χ4n) is 3.53. The first-order chi connectivity index (χ1) is 12.6. The topological polar surface area (TPSA) is 50.3 Å². The number of fused-ring (bicyclic) bond motifs is 1. The van der Waals surface area contributed by atoms with Crippen LogP contribution in [0.25, 0.3) is 21.7 Å². The maximum atomic E-state index is 13.1. The van der Waals surface area contributed by atoms with Crippen molar-refractivity contribution in [1.82, 2.24) is 4.98 Å². The standard InChI is InChI=1S/C20H13ClN2O2S/c21-20-15(11-14-5-1-2-8-16(14)22-20)12-23-17-9-3-6-13-7-4-10-18(19(13)17)26(23,24)25/h1-11H,12H2. The molecular formula is C20H13ClN2O2S. The van der Waals surface area contributed by atoms with Gasteiger partial charge in [0.05, 0.1) is 22.6 Å². The monoisotopic (exact) mass is 380 g/mol. The van der Waals surface area contributed by atoms with Crippen molar-refractivity contribution in [1.29, 1.82) is 0 Å². The molecule has 0 aliphatic carbocycles. The van der Waals surface area contributed by atoms with Crippen LogP contribution in [0.5, 0.6) is 0 Å². The average Bonchev–Trinajstić information content (AvgIpc) is 2.86. The van der Waals surface area contributed by atoms with Crippen molar-refractivity contribution in [2.24, 2.45) is 0 Å². The van der Waals surface area contributed by atoms with E-state index in [0.29, 0.717) is 21.3 Å². The maximum absolute atomic E-state index is 13.1. The highest BCUT2D eigenvalue weighted by Crippen LogP contribution is 2.43. The predicted molar refractivity (Wildman–Crippen MR) is 104 cm³/mol. The lowest BCUT2D eigenvalue weighted by Crippen LogP contribution is -2.26. The van der Waals surface area contributed by atoms with E-state index in [1.54, 1.807) is 12.1 Å². The number of benzene rings is 3. The van der Waals surface area contributed by atoms with Crippen molar-refractivity contribution in [2.45, 2.75) is 11.4 Å². The molecule has 0 spiro atoms. The molecule has 0 N–H and O–H groups in total. The van der Waals surface area contributed by atoms with E-state index in [1.807, 2.05) is 54.6 Å². The summed E-state index contributed by atoms with van der Waals surface area (Å²) in [7, 11) is -3.62. The van der Waals surface area contributed by atoms with Gasteiger partial charge in [-0.25, -0.2) is 13.4 Å². The Kier molecular flexibility index (Phi) is 3.26. The highest BCUT2D eigenvalue weighted by Gasteiger charge is 2.35. The molecule has 0 saturated carbocycles. The average molecular weight is 381 g/mol. The third-order valence-electron chi connectivity index (χ3n) is 4.75. The molecule has 26 heavy (non-hydrogen) atoms. The first-order valence-corrected chi connectivity index (χ1v) is 9.96. The van der Waals surface area contributed by atoms with E-state index < -0.39 is 10.0 Å². The summed E-state index contributed by atoms with van der Waals surface area (Å²) in [4.78, 5) is 4.75. The van der Waals surface area contributed by atoms with E-state index in [0.717, 1.165) is 21.7 Å². The first-order valence-electron chi connectivity index (χ1n) is 8.14. The zero-order chi connectivity index (χ0) is 17.9. The van der Waals surface area contributed by atoms with Crippen LogP contribution < -0.4 is 4.31 Å². The number of pyridine rings is 1. The molecule has 0 saturated heterocycles. The van der Waals surface area contributed by atoms with E-state index >= 15 is 0 Å². The molecule has 4 aromatic rings. The van der Waals surface area contributed by atoms with Gasteiger partial charge in [0, 0.05) is 16.3 Å². The molecule has 2 heterocycles. The lowest BCUT2D eigenvalue weighted by molar-refractivity contribution is 0.593. The molecule has 0 fully saturated rings. The highest BCUT2D eigenvalue weighted by molar-refractivity contribution is 7.93. The van der Waals surface area contributed by atoms with E-state index in [9.17, 15) is 8.42 Å². The van der Waals surface area contributed by atoms with Gasteiger partial charge in [-0.15, -0.1) is 0 Å². The Balaban J connectivity index is 1.69. The summed E-state index contributed by atoms with van der Waals surface area (Å²) in [6.45, 7) is 0.146. The Labute approximate surface area is 155 Å². The van der Waals surface area contributed by atoms with Crippen LogP contribution in [0.4, 0.5) is 5.69 Å². The largest absolute Gasteiger partial charge is 0.265 e. The molecule has 128 valence electrons. The minimum atomic E-state index is -3.62. The summed E-state index contributed by atoms with van der Waals surface area (Å²) in [5.74, 6) is 0. The maximum Gasteiger partial charge on any atom is 0.265 e. The number of anilines is 1. The fourth-order valence-corrected chi connectivity index (χ4v) is 5.42. The molecule has 4 nitrogen and oxygen atoms in total. The van der Waals surface area contributed by atoms with Crippen molar-refractivity contribution in [2.75, 3.05) is 4.31 Å². The smallest absolute Gasteiger partial charge is 0.261 e. The lowest BCUT2D eigenvalue weighted by Gasteiger charge is -2.19. The fraction of sp³-hybridized carbons (Fsp3) is 0.0500. The highest BCUT2D eigenvalue weighted by atomic mass is 35.5. The first kappa shape index (κ1) is 15.6. The van der Waals surface area contributed by atoms with Gasteiger partial charge in [0.15, 0.2) is 0 Å². The van der Waals surface area contributed by atoms with Crippen molar-refractivity contribution in [3.63, 3.8) is 0 Å². The number of rotatable bonds is 2. The number of hydrogen-bond acceptors (Lipinski definition) is 3. The molecule has 1 aliphatic rings. The summed E-state index contributed by atoms with van der Waals surface area (Å²) in [6, 6.07) is 20.5. The number of para-hydroxylation sites is 1. The molecule has 3 aromatic carbocycles. The minimum Gasteiger partial charge on any atom is -0.261 e. The zero-order valence-corrected chi connectivity index (χ0v) is 15.1. The van der Waals surface area contributed by atoms with Gasteiger partial charge in [0.1, 0.15) is 5.15 Å². The van der Waals surface area contributed by atoms with Crippen LogP contribution in [-0.2, 0) is 16.6 Å². The van der Waals surface area contributed by atoms with Crippen LogP contribution in [0.15, 0.2) is 71.6 Å². The Morgan fingerprint density at radius 3 is 2.50 bits per heavy atom. The molecule has 0 bridgehead atoms. The molecule has 5 rings (SSSR count). The number of hydrogen-bond donors (Lipinski definition) is 0. The Bertz CT molecular complexity index is 1300. The second kappa shape index (κ2) is 5.43. The molecule has 1 aliphatic heterocycles. The molecule has 0 atom stereocenters. The number of sulfonamides is 1. The van der Waals surface area contributed by atoms with Gasteiger partial charge in [0.25, 0.3) is 10.0 Å². The van der Waals surface area contributed by atoms with Crippen molar-refractivity contribution < 1.29 is 8.42 Å². The van der Waals surface area contributed by atoms with Crippen LogP contribution in [0.1, 0.15) is 5.56 Å². The van der Waals surface area contributed by atoms with Gasteiger partial charge in [-0.1, -0.05) is 54.1 Å². The van der Waals surface area contributed by atoms with Crippen LogP contribution in [0, 0.1) is 0 Å². The van der Waals surface area contributed by atoms with E-state index in [4.69, 9.17) is 11.6 Å². The third kappa shape index (κ3) is 2.14. The summed E-state index contributed by atoms with van der Waals surface area (Å²) in [5, 5.41) is 2.93. The predicted octanol–water partition coefficient (Wildman–Crippen LogP) is 4.75. The van der Waals surface area contributed by atoms with Crippen molar-refractivity contribution >= 4 is 49.0 Å². The van der Waals surface area contributed by atoms with Gasteiger partial charge in [-0.3, -0.25) is 4.31 Å². The van der Waals surface area contributed by atoms with E-state index in [-0.39, 0.29) is 6.54 Å². The molecule has 6 heteroatoms.